The van der Waals surface area contributed by atoms with E-state index >= 15 is 0 Å². The van der Waals surface area contributed by atoms with Crippen molar-refractivity contribution in [1.82, 2.24) is 5.43 Å². The Balaban J connectivity index is 1.47. The maximum absolute atomic E-state index is 13.5. The van der Waals surface area contributed by atoms with Gasteiger partial charge in [-0.05, 0) is 67.6 Å². The van der Waals surface area contributed by atoms with Crippen LogP contribution in [0.5, 0.6) is 0 Å². The van der Waals surface area contributed by atoms with Gasteiger partial charge in [-0.25, -0.2) is 18.2 Å². The average Bonchev–Trinajstić information content (AvgIpc) is 3.37. The Bertz CT molecular complexity index is 1580. The topological polar surface area (TPSA) is 135 Å². The number of benzene rings is 3. The van der Waals surface area contributed by atoms with Crippen LogP contribution >= 0.6 is 0 Å². The first-order valence-corrected chi connectivity index (χ1v) is 12.6. The van der Waals surface area contributed by atoms with E-state index in [1.165, 1.54) is 54.7 Å². The number of anilines is 1. The van der Waals surface area contributed by atoms with Crippen LogP contribution in [0.1, 0.15) is 11.3 Å². The molecule has 0 saturated carbocycles. The fraction of sp³-hybridized carbons (Fsp3) is 0.0769. The van der Waals surface area contributed by atoms with E-state index in [-0.39, 0.29) is 22.0 Å². The third-order valence-corrected chi connectivity index (χ3v) is 7.17. The van der Waals surface area contributed by atoms with Crippen LogP contribution in [0.2, 0.25) is 0 Å². The highest BCUT2D eigenvalue weighted by Crippen LogP contribution is 2.25. The lowest BCUT2D eigenvalue weighted by Gasteiger charge is -2.23. The standard InChI is InChI=1S/C26H21FN4O6S/c1-18-2-13-24(14-3-18)38(35,36)30(21-10-6-20(27)7-11-21)17-26(32)29-28-16-23-12-15-25(37-23)19-4-8-22(9-5-19)31(33)34/h2-16H,17H2,1H3,(H,29,32)/b28-16-. The van der Waals surface area contributed by atoms with Crippen LogP contribution in [0, 0.1) is 22.9 Å². The summed E-state index contributed by atoms with van der Waals surface area (Å²) in [5, 5.41) is 14.6. The van der Waals surface area contributed by atoms with E-state index < -0.39 is 33.2 Å². The maximum Gasteiger partial charge on any atom is 0.269 e. The number of amides is 1. The molecule has 0 aliphatic heterocycles. The van der Waals surface area contributed by atoms with Gasteiger partial charge >= 0.3 is 0 Å². The second kappa shape index (κ2) is 11.0. The van der Waals surface area contributed by atoms with Gasteiger partial charge in [0.05, 0.1) is 21.7 Å². The van der Waals surface area contributed by atoms with Gasteiger partial charge in [0.15, 0.2) is 0 Å². The first-order valence-electron chi connectivity index (χ1n) is 11.1. The zero-order valence-electron chi connectivity index (χ0n) is 19.9. The minimum atomic E-state index is -4.15. The van der Waals surface area contributed by atoms with Gasteiger partial charge < -0.3 is 4.42 Å². The molecule has 1 N–H and O–H groups in total. The minimum absolute atomic E-state index is 0.0296. The molecule has 1 aromatic heterocycles. The number of nitrogens with one attached hydrogen (secondary N) is 1. The molecule has 0 unspecified atom stereocenters. The SMILES string of the molecule is Cc1ccc(S(=O)(=O)N(CC(=O)N/N=C\c2ccc(-c3ccc([N+](=O)[O-])cc3)o2)c2ccc(F)cc2)cc1. The summed E-state index contributed by atoms with van der Waals surface area (Å²) < 4.78 is 46.6. The van der Waals surface area contributed by atoms with Crippen LogP contribution in [0.15, 0.2) is 99.3 Å². The molecule has 38 heavy (non-hydrogen) atoms. The molecule has 194 valence electrons. The smallest absolute Gasteiger partial charge is 0.269 e. The van der Waals surface area contributed by atoms with Gasteiger partial charge in [0, 0.05) is 17.7 Å². The van der Waals surface area contributed by atoms with Gasteiger partial charge in [-0.15, -0.1) is 0 Å². The number of rotatable bonds is 9. The Hall–Kier alpha value is -4.84. The van der Waals surface area contributed by atoms with Gasteiger partial charge in [-0.3, -0.25) is 19.2 Å². The van der Waals surface area contributed by atoms with Crippen molar-refractivity contribution in [3.05, 3.63) is 112 Å². The quantitative estimate of drug-likeness (QED) is 0.188. The van der Waals surface area contributed by atoms with Crippen LogP contribution in [0.3, 0.4) is 0 Å². The van der Waals surface area contributed by atoms with Crippen molar-refractivity contribution in [3.63, 3.8) is 0 Å². The van der Waals surface area contributed by atoms with E-state index in [1.807, 2.05) is 6.92 Å². The molecule has 4 aromatic rings. The number of halogens is 1. The Kier molecular flexibility index (Phi) is 7.63. The summed E-state index contributed by atoms with van der Waals surface area (Å²) >= 11 is 0. The van der Waals surface area contributed by atoms with E-state index in [0.717, 1.165) is 22.0 Å². The fourth-order valence-corrected chi connectivity index (χ4v) is 4.84. The van der Waals surface area contributed by atoms with E-state index in [2.05, 4.69) is 10.5 Å². The molecule has 10 nitrogen and oxygen atoms in total. The summed E-state index contributed by atoms with van der Waals surface area (Å²) in [7, 11) is -4.15. The van der Waals surface area contributed by atoms with Crippen molar-refractivity contribution < 1.29 is 26.9 Å². The van der Waals surface area contributed by atoms with E-state index in [9.17, 15) is 27.7 Å². The molecule has 0 radical (unpaired) electrons. The molecule has 3 aromatic carbocycles. The second-order valence-corrected chi connectivity index (χ2v) is 9.96. The van der Waals surface area contributed by atoms with Crippen LogP contribution < -0.4 is 9.73 Å². The maximum atomic E-state index is 13.5. The number of aryl methyl sites for hydroxylation is 1. The first-order chi connectivity index (χ1) is 18.1. The summed E-state index contributed by atoms with van der Waals surface area (Å²) in [6.45, 7) is 1.19. The van der Waals surface area contributed by atoms with Crippen molar-refractivity contribution in [2.24, 2.45) is 5.10 Å². The minimum Gasteiger partial charge on any atom is -0.455 e. The predicted octanol–water partition coefficient (Wildman–Crippen LogP) is 4.65. The number of hydrogen-bond donors (Lipinski definition) is 1. The van der Waals surface area contributed by atoms with Gasteiger partial charge in [0.1, 0.15) is 23.9 Å². The molecule has 0 aliphatic rings. The molecule has 0 spiro atoms. The summed E-state index contributed by atoms with van der Waals surface area (Å²) in [5.74, 6) is -0.592. The summed E-state index contributed by atoms with van der Waals surface area (Å²) in [5.41, 5.74) is 3.78. The van der Waals surface area contributed by atoms with Crippen molar-refractivity contribution >= 4 is 33.5 Å². The molecule has 12 heteroatoms. The fourth-order valence-electron chi connectivity index (χ4n) is 3.42. The number of carbonyl (C=O) groups excluding carboxylic acids is 1. The molecule has 0 atom stereocenters. The number of hydrogen-bond acceptors (Lipinski definition) is 7. The van der Waals surface area contributed by atoms with Gasteiger partial charge in [-0.1, -0.05) is 17.7 Å². The largest absolute Gasteiger partial charge is 0.455 e. The highest BCUT2D eigenvalue weighted by molar-refractivity contribution is 7.92. The number of hydrazone groups is 1. The summed E-state index contributed by atoms with van der Waals surface area (Å²) in [6.07, 6.45) is 1.23. The molecule has 0 saturated heterocycles. The van der Waals surface area contributed by atoms with Crippen LogP contribution in [-0.2, 0) is 14.8 Å². The normalized spacial score (nSPS) is 11.4. The van der Waals surface area contributed by atoms with Crippen LogP contribution in [0.4, 0.5) is 15.8 Å². The van der Waals surface area contributed by atoms with Gasteiger partial charge in [0.25, 0.3) is 21.6 Å². The zero-order valence-corrected chi connectivity index (χ0v) is 20.8. The highest BCUT2D eigenvalue weighted by atomic mass is 32.2. The summed E-state index contributed by atoms with van der Waals surface area (Å²) in [4.78, 5) is 22.9. The predicted molar refractivity (Wildman–Crippen MR) is 139 cm³/mol. The second-order valence-electron chi connectivity index (χ2n) is 8.10. The number of nitrogens with zero attached hydrogens (tertiary/aromatic N) is 3. The Morgan fingerprint density at radius 3 is 2.32 bits per heavy atom. The Labute approximate surface area is 217 Å². The van der Waals surface area contributed by atoms with Crippen LogP contribution in [0.25, 0.3) is 11.3 Å². The Morgan fingerprint density at radius 1 is 1.03 bits per heavy atom. The van der Waals surface area contributed by atoms with E-state index in [1.54, 1.807) is 24.3 Å². The van der Waals surface area contributed by atoms with Crippen molar-refractivity contribution in [2.75, 3.05) is 10.8 Å². The first kappa shape index (κ1) is 26.2. The number of nitro groups is 1. The van der Waals surface area contributed by atoms with Gasteiger partial charge in [-0.2, -0.15) is 5.10 Å². The third-order valence-electron chi connectivity index (χ3n) is 5.38. The molecule has 0 bridgehead atoms. The average molecular weight is 537 g/mol. The monoisotopic (exact) mass is 536 g/mol. The molecule has 0 fully saturated rings. The number of nitro benzene ring substituents is 1. The highest BCUT2D eigenvalue weighted by Gasteiger charge is 2.27. The number of sulfonamides is 1. The lowest BCUT2D eigenvalue weighted by molar-refractivity contribution is -0.384. The van der Waals surface area contributed by atoms with Gasteiger partial charge in [0.2, 0.25) is 0 Å². The Morgan fingerprint density at radius 2 is 1.68 bits per heavy atom. The number of furan rings is 1. The number of carbonyl (C=O) groups is 1. The molecule has 0 aliphatic carbocycles. The van der Waals surface area contributed by atoms with Crippen molar-refractivity contribution in [3.8, 4) is 11.3 Å². The van der Waals surface area contributed by atoms with E-state index in [0.29, 0.717) is 11.3 Å². The lowest BCUT2D eigenvalue weighted by atomic mass is 10.1. The molecular weight excluding hydrogens is 515 g/mol. The molecule has 1 heterocycles. The molecular formula is C26H21FN4O6S. The summed E-state index contributed by atoms with van der Waals surface area (Å²) in [6, 6.07) is 19.8. The van der Waals surface area contributed by atoms with E-state index in [4.69, 9.17) is 4.42 Å². The lowest BCUT2D eigenvalue weighted by Crippen LogP contribution is -2.39. The number of non-ortho nitro benzene ring substituents is 1. The molecule has 1 amide bonds. The molecule has 4 rings (SSSR count). The third kappa shape index (κ3) is 6.10. The van der Waals surface area contributed by atoms with Crippen molar-refractivity contribution in [1.29, 1.82) is 0 Å². The van der Waals surface area contributed by atoms with Crippen LogP contribution in [-0.4, -0.2) is 32.0 Å². The zero-order chi connectivity index (χ0) is 27.3. The van der Waals surface area contributed by atoms with Crippen molar-refractivity contribution in [2.45, 2.75) is 11.8 Å².